The van der Waals surface area contributed by atoms with Gasteiger partial charge in [0.15, 0.2) is 0 Å². The monoisotopic (exact) mass is 290 g/mol. The van der Waals surface area contributed by atoms with E-state index in [-0.39, 0.29) is 12.5 Å². The van der Waals surface area contributed by atoms with Gasteiger partial charge in [0, 0.05) is 17.0 Å². The molecule has 0 saturated heterocycles. The second-order valence-corrected chi connectivity index (χ2v) is 5.54. The molecule has 1 aliphatic carbocycles. The number of hydrogen-bond acceptors (Lipinski definition) is 2. The van der Waals surface area contributed by atoms with Crippen LogP contribution in [0.1, 0.15) is 37.7 Å². The summed E-state index contributed by atoms with van der Waals surface area (Å²) >= 11 is 5.98. The molecule has 0 radical (unpaired) electrons. The van der Waals surface area contributed by atoms with Crippen LogP contribution in [0.25, 0.3) is 0 Å². The summed E-state index contributed by atoms with van der Waals surface area (Å²) in [4.78, 5) is 12.1. The highest BCUT2D eigenvalue weighted by atomic mass is 35.5. The molecule has 0 aromatic heterocycles. The maximum Gasteiger partial charge on any atom is 0.224 e. The topological polar surface area (TPSA) is 55.1 Å². The van der Waals surface area contributed by atoms with E-state index in [0.717, 1.165) is 18.4 Å². The maximum atomic E-state index is 12.1. The third-order valence-electron chi connectivity index (χ3n) is 3.53. The third-order valence-corrected chi connectivity index (χ3v) is 3.76. The molecule has 1 aromatic carbocycles. The van der Waals surface area contributed by atoms with E-state index in [9.17, 15) is 4.79 Å². The zero-order chi connectivity index (χ0) is 14.4. The van der Waals surface area contributed by atoms with Crippen molar-refractivity contribution in [2.24, 2.45) is 11.7 Å². The summed E-state index contributed by atoms with van der Waals surface area (Å²) < 4.78 is 0. The molecule has 0 aliphatic heterocycles. The van der Waals surface area contributed by atoms with Crippen LogP contribution in [0.2, 0.25) is 5.02 Å². The van der Waals surface area contributed by atoms with E-state index in [2.05, 4.69) is 17.2 Å². The van der Waals surface area contributed by atoms with Gasteiger partial charge in [-0.05, 0) is 37.0 Å². The van der Waals surface area contributed by atoms with E-state index in [1.165, 1.54) is 12.8 Å². The Morgan fingerprint density at radius 1 is 1.40 bits per heavy atom. The van der Waals surface area contributed by atoms with Crippen LogP contribution in [0, 0.1) is 17.8 Å². The molecule has 0 heterocycles. The van der Waals surface area contributed by atoms with Crippen LogP contribution in [-0.4, -0.2) is 12.5 Å². The summed E-state index contributed by atoms with van der Waals surface area (Å²) in [7, 11) is 0. The maximum absolute atomic E-state index is 12.1. The van der Waals surface area contributed by atoms with Gasteiger partial charge < -0.3 is 11.1 Å². The average Bonchev–Trinajstić information content (AvgIpc) is 2.90. The van der Waals surface area contributed by atoms with Crippen molar-refractivity contribution in [3.8, 4) is 11.8 Å². The summed E-state index contributed by atoms with van der Waals surface area (Å²) in [5.41, 5.74) is 6.80. The first-order chi connectivity index (χ1) is 9.69. The fourth-order valence-corrected chi connectivity index (χ4v) is 2.73. The minimum Gasteiger partial charge on any atom is -0.325 e. The fraction of sp³-hybridized carbons (Fsp3) is 0.438. The smallest absolute Gasteiger partial charge is 0.224 e. The number of anilines is 1. The first kappa shape index (κ1) is 14.9. The molecule has 1 amide bonds. The molecule has 3 N–H and O–H groups in total. The van der Waals surface area contributed by atoms with Gasteiger partial charge in [-0.1, -0.05) is 36.3 Å². The van der Waals surface area contributed by atoms with Crippen molar-refractivity contribution in [2.45, 2.75) is 32.1 Å². The molecule has 2 rings (SSSR count). The van der Waals surface area contributed by atoms with Gasteiger partial charge in [-0.3, -0.25) is 4.79 Å². The van der Waals surface area contributed by atoms with Crippen molar-refractivity contribution in [3.05, 3.63) is 28.8 Å². The lowest BCUT2D eigenvalue weighted by molar-refractivity contribution is -0.117. The Morgan fingerprint density at radius 3 is 2.85 bits per heavy atom. The van der Waals surface area contributed by atoms with E-state index in [1.807, 2.05) is 0 Å². The molecule has 1 aliphatic rings. The van der Waals surface area contributed by atoms with E-state index < -0.39 is 0 Å². The molecular weight excluding hydrogens is 272 g/mol. The largest absolute Gasteiger partial charge is 0.325 e. The summed E-state index contributed by atoms with van der Waals surface area (Å²) in [6.07, 6.45) is 5.37. The molecule has 3 nitrogen and oxygen atoms in total. The normalized spacial score (nSPS) is 14.7. The number of nitrogens with two attached hydrogens (primary N) is 1. The van der Waals surface area contributed by atoms with E-state index >= 15 is 0 Å². The molecule has 4 heteroatoms. The number of rotatable bonds is 3. The lowest BCUT2D eigenvalue weighted by Gasteiger charge is -2.11. The van der Waals surface area contributed by atoms with Crippen molar-refractivity contribution < 1.29 is 4.79 Å². The fourth-order valence-electron chi connectivity index (χ4n) is 2.55. The predicted molar refractivity (Wildman–Crippen MR) is 82.6 cm³/mol. The lowest BCUT2D eigenvalue weighted by atomic mass is 10.0. The number of benzene rings is 1. The minimum absolute atomic E-state index is 0.0370. The highest BCUT2D eigenvalue weighted by Gasteiger charge is 2.18. The van der Waals surface area contributed by atoms with Gasteiger partial charge >= 0.3 is 0 Å². The molecule has 1 saturated carbocycles. The van der Waals surface area contributed by atoms with Crippen LogP contribution in [0.3, 0.4) is 0 Å². The summed E-state index contributed by atoms with van der Waals surface area (Å²) in [5, 5.41) is 3.50. The van der Waals surface area contributed by atoms with Crippen molar-refractivity contribution >= 4 is 23.2 Å². The Morgan fingerprint density at radius 2 is 2.15 bits per heavy atom. The highest BCUT2D eigenvalue weighted by molar-refractivity contribution is 6.31. The number of halogens is 1. The standard InChI is InChI=1S/C16H19ClN2O/c17-14-8-7-13(6-3-9-18)15(11-14)19-16(20)10-12-4-1-2-5-12/h7-8,11-12H,1-2,4-5,9-10,18H2,(H,19,20). The lowest BCUT2D eigenvalue weighted by Crippen LogP contribution is -2.15. The SMILES string of the molecule is NCC#Cc1ccc(Cl)cc1NC(=O)CC1CCCC1. The van der Waals surface area contributed by atoms with Crippen molar-refractivity contribution in [2.75, 3.05) is 11.9 Å². The zero-order valence-corrected chi connectivity index (χ0v) is 12.2. The van der Waals surface area contributed by atoms with Crippen LogP contribution in [0.5, 0.6) is 0 Å². The Bertz CT molecular complexity index is 539. The second kappa shape index (κ2) is 7.33. The molecule has 106 valence electrons. The Hall–Kier alpha value is -1.50. The van der Waals surface area contributed by atoms with Crippen molar-refractivity contribution in [1.82, 2.24) is 0 Å². The van der Waals surface area contributed by atoms with Gasteiger partial charge in [-0.25, -0.2) is 0 Å². The summed E-state index contributed by atoms with van der Waals surface area (Å²) in [5.74, 6) is 6.30. The number of amides is 1. The van der Waals surface area contributed by atoms with Crippen LogP contribution < -0.4 is 11.1 Å². The highest BCUT2D eigenvalue weighted by Crippen LogP contribution is 2.28. The van der Waals surface area contributed by atoms with Crippen LogP contribution in [-0.2, 0) is 4.79 Å². The Balaban J connectivity index is 2.06. The Labute approximate surface area is 124 Å². The molecule has 0 spiro atoms. The van der Waals surface area contributed by atoms with E-state index in [0.29, 0.717) is 23.0 Å². The first-order valence-electron chi connectivity index (χ1n) is 6.97. The van der Waals surface area contributed by atoms with Crippen LogP contribution in [0.4, 0.5) is 5.69 Å². The van der Waals surface area contributed by atoms with Crippen molar-refractivity contribution in [3.63, 3.8) is 0 Å². The molecule has 0 atom stereocenters. The van der Waals surface area contributed by atoms with Gasteiger partial charge in [0.05, 0.1) is 12.2 Å². The molecule has 20 heavy (non-hydrogen) atoms. The summed E-state index contributed by atoms with van der Waals surface area (Å²) in [6, 6.07) is 5.29. The molecule has 0 unspecified atom stereocenters. The van der Waals surface area contributed by atoms with Gasteiger partial charge in [0.2, 0.25) is 5.91 Å². The number of hydrogen-bond donors (Lipinski definition) is 2. The predicted octanol–water partition coefficient (Wildman–Crippen LogP) is 3.17. The van der Waals surface area contributed by atoms with E-state index in [1.54, 1.807) is 18.2 Å². The third kappa shape index (κ3) is 4.26. The second-order valence-electron chi connectivity index (χ2n) is 5.10. The van der Waals surface area contributed by atoms with Gasteiger partial charge in [-0.15, -0.1) is 0 Å². The molecule has 1 fully saturated rings. The van der Waals surface area contributed by atoms with Gasteiger partial charge in [0.25, 0.3) is 0 Å². The van der Waals surface area contributed by atoms with Crippen LogP contribution >= 0.6 is 11.6 Å². The number of carbonyl (C=O) groups is 1. The zero-order valence-electron chi connectivity index (χ0n) is 11.4. The van der Waals surface area contributed by atoms with Gasteiger partial charge in [0.1, 0.15) is 0 Å². The van der Waals surface area contributed by atoms with E-state index in [4.69, 9.17) is 17.3 Å². The quantitative estimate of drug-likeness (QED) is 0.840. The molecule has 1 aromatic rings. The summed E-state index contributed by atoms with van der Waals surface area (Å²) in [6.45, 7) is 0.290. The average molecular weight is 291 g/mol. The Kier molecular flexibility index (Phi) is 5.46. The van der Waals surface area contributed by atoms with Crippen molar-refractivity contribution in [1.29, 1.82) is 0 Å². The van der Waals surface area contributed by atoms with Crippen LogP contribution in [0.15, 0.2) is 18.2 Å². The molecular formula is C16H19ClN2O. The minimum atomic E-state index is 0.0370. The number of carbonyl (C=O) groups excluding carboxylic acids is 1. The number of nitrogens with one attached hydrogen (secondary N) is 1. The molecule has 0 bridgehead atoms. The van der Waals surface area contributed by atoms with Gasteiger partial charge in [-0.2, -0.15) is 0 Å². The first-order valence-corrected chi connectivity index (χ1v) is 7.35.